The molecule has 0 fully saturated rings. The Bertz CT molecular complexity index is 71.3. The van der Waals surface area contributed by atoms with Crippen molar-refractivity contribution < 1.29 is 5.11 Å². The average molecular weight is 145 g/mol. The first-order chi connectivity index (χ1) is 4.52. The summed E-state index contributed by atoms with van der Waals surface area (Å²) in [6, 6.07) is 0.167. The molecule has 0 saturated carbocycles. The Labute approximate surface area is 63.4 Å². The van der Waals surface area contributed by atoms with E-state index in [1.165, 1.54) is 0 Å². The summed E-state index contributed by atoms with van der Waals surface area (Å²) < 4.78 is 0. The molecule has 2 atom stereocenters. The number of aliphatic hydroxyl groups excluding tert-OH is 1. The zero-order valence-corrected chi connectivity index (χ0v) is 7.17. The van der Waals surface area contributed by atoms with Crippen LogP contribution >= 0.6 is 0 Å². The fourth-order valence-electron chi connectivity index (χ4n) is 1.14. The van der Waals surface area contributed by atoms with Crippen LogP contribution in [0.5, 0.6) is 0 Å². The van der Waals surface area contributed by atoms with Crippen molar-refractivity contribution in [3.8, 4) is 0 Å². The first-order valence-electron chi connectivity index (χ1n) is 3.96. The Morgan fingerprint density at radius 1 is 1.20 bits per heavy atom. The molecule has 0 radical (unpaired) electrons. The van der Waals surface area contributed by atoms with E-state index in [0.717, 1.165) is 12.8 Å². The lowest BCUT2D eigenvalue weighted by Gasteiger charge is -2.14. The molecule has 0 aromatic rings. The number of rotatable bonds is 4. The molecule has 0 spiro atoms. The second-order valence-corrected chi connectivity index (χ2v) is 3.47. The van der Waals surface area contributed by atoms with Gasteiger partial charge in [-0.25, -0.2) is 0 Å². The fourth-order valence-corrected chi connectivity index (χ4v) is 1.14. The van der Waals surface area contributed by atoms with E-state index in [-0.39, 0.29) is 12.1 Å². The lowest BCUT2D eigenvalue weighted by atomic mass is 10.0. The summed E-state index contributed by atoms with van der Waals surface area (Å²) in [5.41, 5.74) is 5.72. The summed E-state index contributed by atoms with van der Waals surface area (Å²) in [7, 11) is 0. The summed E-state index contributed by atoms with van der Waals surface area (Å²) >= 11 is 0. The van der Waals surface area contributed by atoms with Gasteiger partial charge in [0.05, 0.1) is 6.10 Å². The Balaban J connectivity index is 3.34. The van der Waals surface area contributed by atoms with E-state index in [9.17, 15) is 0 Å². The molecule has 10 heavy (non-hydrogen) atoms. The topological polar surface area (TPSA) is 46.2 Å². The van der Waals surface area contributed by atoms with Crippen LogP contribution in [0, 0.1) is 5.92 Å². The molecule has 0 rings (SSSR count). The van der Waals surface area contributed by atoms with Crippen molar-refractivity contribution in [2.24, 2.45) is 11.7 Å². The number of hydrogen-bond acceptors (Lipinski definition) is 2. The van der Waals surface area contributed by atoms with Gasteiger partial charge in [-0.2, -0.15) is 0 Å². The Morgan fingerprint density at radius 2 is 1.70 bits per heavy atom. The van der Waals surface area contributed by atoms with Gasteiger partial charge in [0.2, 0.25) is 0 Å². The van der Waals surface area contributed by atoms with E-state index < -0.39 is 0 Å². The molecule has 0 bridgehead atoms. The maximum absolute atomic E-state index is 8.96. The molecule has 0 heterocycles. The van der Waals surface area contributed by atoms with Gasteiger partial charge in [0.25, 0.3) is 0 Å². The zero-order chi connectivity index (χ0) is 8.15. The van der Waals surface area contributed by atoms with Crippen molar-refractivity contribution in [3.05, 3.63) is 0 Å². The molecule has 0 aliphatic rings. The predicted octanol–water partition coefficient (Wildman–Crippen LogP) is 1.13. The van der Waals surface area contributed by atoms with Crippen molar-refractivity contribution in [1.82, 2.24) is 0 Å². The van der Waals surface area contributed by atoms with Crippen molar-refractivity contribution in [1.29, 1.82) is 0 Å². The quantitative estimate of drug-likeness (QED) is 0.623. The van der Waals surface area contributed by atoms with E-state index in [2.05, 4.69) is 13.8 Å². The SMILES string of the molecule is CC(C)C[C@@H](N)C[C@@H](C)O. The van der Waals surface area contributed by atoms with E-state index >= 15 is 0 Å². The zero-order valence-electron chi connectivity index (χ0n) is 7.17. The lowest BCUT2D eigenvalue weighted by molar-refractivity contribution is 0.170. The fraction of sp³-hybridized carbons (Fsp3) is 1.00. The minimum Gasteiger partial charge on any atom is -0.393 e. The van der Waals surface area contributed by atoms with Gasteiger partial charge in [-0.3, -0.25) is 0 Å². The lowest BCUT2D eigenvalue weighted by Crippen LogP contribution is -2.26. The molecule has 62 valence electrons. The number of aliphatic hydroxyl groups is 1. The van der Waals surface area contributed by atoms with Gasteiger partial charge in [0.15, 0.2) is 0 Å². The molecular weight excluding hydrogens is 126 g/mol. The summed E-state index contributed by atoms with van der Waals surface area (Å²) in [5, 5.41) is 8.96. The van der Waals surface area contributed by atoms with Gasteiger partial charge < -0.3 is 10.8 Å². The average Bonchev–Trinajstić information content (AvgIpc) is 1.58. The third kappa shape index (κ3) is 6.05. The van der Waals surface area contributed by atoms with Crippen LogP contribution in [-0.2, 0) is 0 Å². The molecule has 3 N–H and O–H groups in total. The molecule has 0 unspecified atom stereocenters. The molecule has 0 aromatic heterocycles. The smallest absolute Gasteiger partial charge is 0.0526 e. The summed E-state index contributed by atoms with van der Waals surface area (Å²) in [4.78, 5) is 0. The van der Waals surface area contributed by atoms with Gasteiger partial charge in [0.1, 0.15) is 0 Å². The minimum atomic E-state index is -0.256. The Kier molecular flexibility index (Phi) is 4.65. The molecule has 0 aromatic carbocycles. The molecule has 0 saturated heterocycles. The van der Waals surface area contributed by atoms with E-state index in [1.54, 1.807) is 6.92 Å². The summed E-state index contributed by atoms with van der Waals surface area (Å²) in [5.74, 6) is 0.633. The molecule has 2 nitrogen and oxygen atoms in total. The highest BCUT2D eigenvalue weighted by Gasteiger charge is 2.07. The minimum absolute atomic E-state index is 0.167. The highest BCUT2D eigenvalue weighted by Crippen LogP contribution is 2.06. The first-order valence-corrected chi connectivity index (χ1v) is 3.96. The van der Waals surface area contributed by atoms with Gasteiger partial charge >= 0.3 is 0 Å². The van der Waals surface area contributed by atoms with Gasteiger partial charge in [-0.05, 0) is 25.7 Å². The van der Waals surface area contributed by atoms with Crippen LogP contribution < -0.4 is 5.73 Å². The van der Waals surface area contributed by atoms with Crippen LogP contribution in [0.1, 0.15) is 33.6 Å². The number of hydrogen-bond donors (Lipinski definition) is 2. The van der Waals surface area contributed by atoms with Gasteiger partial charge in [-0.15, -0.1) is 0 Å². The maximum atomic E-state index is 8.96. The van der Waals surface area contributed by atoms with E-state index in [1.807, 2.05) is 0 Å². The largest absolute Gasteiger partial charge is 0.393 e. The third-order valence-corrected chi connectivity index (χ3v) is 1.42. The summed E-state index contributed by atoms with van der Waals surface area (Å²) in [6.45, 7) is 6.06. The maximum Gasteiger partial charge on any atom is 0.0526 e. The second kappa shape index (κ2) is 4.69. The van der Waals surface area contributed by atoms with Crippen molar-refractivity contribution in [3.63, 3.8) is 0 Å². The molecule has 0 aliphatic carbocycles. The molecule has 0 amide bonds. The van der Waals surface area contributed by atoms with Crippen LogP contribution in [0.3, 0.4) is 0 Å². The van der Waals surface area contributed by atoms with E-state index in [4.69, 9.17) is 10.8 Å². The molecule has 0 aliphatic heterocycles. The van der Waals surface area contributed by atoms with E-state index in [0.29, 0.717) is 5.92 Å². The normalized spacial score (nSPS) is 17.4. The Morgan fingerprint density at radius 3 is 2.00 bits per heavy atom. The van der Waals surface area contributed by atoms with Gasteiger partial charge in [0, 0.05) is 6.04 Å². The van der Waals surface area contributed by atoms with Crippen LogP contribution in [0.4, 0.5) is 0 Å². The van der Waals surface area contributed by atoms with Gasteiger partial charge in [-0.1, -0.05) is 13.8 Å². The van der Waals surface area contributed by atoms with Crippen LogP contribution in [0.2, 0.25) is 0 Å². The van der Waals surface area contributed by atoms with Crippen LogP contribution in [0.25, 0.3) is 0 Å². The van der Waals surface area contributed by atoms with Crippen LogP contribution in [-0.4, -0.2) is 17.3 Å². The second-order valence-electron chi connectivity index (χ2n) is 3.47. The molecule has 2 heteroatoms. The standard InChI is InChI=1S/C8H19NO/c1-6(2)4-8(9)5-7(3)10/h6-8,10H,4-5,9H2,1-3H3/t7-,8-/m1/s1. The Hall–Kier alpha value is -0.0800. The highest BCUT2D eigenvalue weighted by molar-refractivity contribution is 4.65. The predicted molar refractivity (Wildman–Crippen MR) is 43.7 cm³/mol. The third-order valence-electron chi connectivity index (χ3n) is 1.42. The highest BCUT2D eigenvalue weighted by atomic mass is 16.3. The van der Waals surface area contributed by atoms with Crippen LogP contribution in [0.15, 0.2) is 0 Å². The van der Waals surface area contributed by atoms with Crippen molar-refractivity contribution >= 4 is 0 Å². The van der Waals surface area contributed by atoms with Crippen molar-refractivity contribution in [2.75, 3.05) is 0 Å². The van der Waals surface area contributed by atoms with Crippen molar-refractivity contribution in [2.45, 2.75) is 45.8 Å². The monoisotopic (exact) mass is 145 g/mol. The first kappa shape index (κ1) is 9.92. The summed E-state index contributed by atoms with van der Waals surface area (Å²) in [6.07, 6.45) is 1.47. The molecular formula is C8H19NO. The number of nitrogens with two attached hydrogens (primary N) is 1.